The summed E-state index contributed by atoms with van der Waals surface area (Å²) in [5, 5.41) is 0. The third-order valence-corrected chi connectivity index (χ3v) is 2.21. The van der Waals surface area contributed by atoms with Gasteiger partial charge in [0.1, 0.15) is 6.11 Å². The van der Waals surface area contributed by atoms with Gasteiger partial charge in [-0.2, -0.15) is 0 Å². The lowest BCUT2D eigenvalue weighted by Crippen LogP contribution is -2.25. The molecule has 0 heterocycles. The number of hydrogen-bond acceptors (Lipinski definition) is 4. The van der Waals surface area contributed by atoms with Crippen LogP contribution in [0.3, 0.4) is 0 Å². The maximum absolute atomic E-state index is 10.4. The van der Waals surface area contributed by atoms with Crippen LogP contribution < -0.4 is 0 Å². The van der Waals surface area contributed by atoms with Gasteiger partial charge in [-0.25, -0.2) is 4.79 Å². The molecule has 80 valence electrons. The number of carbonyl (C=O) groups excluding carboxylic acids is 1. The molecule has 0 saturated heterocycles. The summed E-state index contributed by atoms with van der Waals surface area (Å²) in [4.78, 5) is 10.4. The van der Waals surface area contributed by atoms with Crippen molar-refractivity contribution in [2.45, 2.75) is 26.1 Å². The first-order chi connectivity index (χ1) is 6.45. The number of ether oxygens (including phenoxy) is 2. The molecule has 0 N–H and O–H groups in total. The van der Waals surface area contributed by atoms with Gasteiger partial charge < -0.3 is 13.9 Å². The first-order valence-electron chi connectivity index (χ1n) is 4.32. The van der Waals surface area contributed by atoms with Crippen molar-refractivity contribution in [3.8, 4) is 12.0 Å². The zero-order valence-corrected chi connectivity index (χ0v) is 10.0. The van der Waals surface area contributed by atoms with Crippen LogP contribution in [0.15, 0.2) is 0 Å². The summed E-state index contributed by atoms with van der Waals surface area (Å²) in [6.45, 7) is 6.88. The molecule has 0 bridgehead atoms. The monoisotopic (exact) mass is 216 g/mol. The molecule has 4 nitrogen and oxygen atoms in total. The Kier molecular flexibility index (Phi) is 6.00. The minimum absolute atomic E-state index is 0.557. The normalized spacial score (nSPS) is 10.0. The Morgan fingerprint density at radius 1 is 1.36 bits per heavy atom. The molecule has 0 rings (SSSR count). The Labute approximate surface area is 85.7 Å². The summed E-state index contributed by atoms with van der Waals surface area (Å²) in [6.07, 6.45) is 2.00. The van der Waals surface area contributed by atoms with Crippen LogP contribution >= 0.6 is 0 Å². The average molecular weight is 216 g/mol. The van der Waals surface area contributed by atoms with Crippen LogP contribution in [0, 0.1) is 12.0 Å². The predicted molar refractivity (Wildman–Crippen MR) is 55.2 cm³/mol. The van der Waals surface area contributed by atoms with Gasteiger partial charge in [0.15, 0.2) is 8.32 Å². The van der Waals surface area contributed by atoms with Crippen molar-refractivity contribution in [2.75, 3.05) is 13.7 Å². The van der Waals surface area contributed by atoms with Gasteiger partial charge in [-0.3, -0.25) is 0 Å². The second-order valence-electron chi connectivity index (χ2n) is 3.55. The molecule has 0 aromatic rings. The van der Waals surface area contributed by atoms with Gasteiger partial charge in [-0.05, 0) is 19.6 Å². The number of hydrogen-bond donors (Lipinski definition) is 0. The Morgan fingerprint density at radius 3 is 2.50 bits per heavy atom. The number of carbonyl (C=O) groups is 1. The van der Waals surface area contributed by atoms with E-state index in [0.29, 0.717) is 13.0 Å². The molecule has 0 unspecified atom stereocenters. The van der Waals surface area contributed by atoms with E-state index < -0.39 is 14.5 Å². The maximum Gasteiger partial charge on any atom is 0.522 e. The van der Waals surface area contributed by atoms with Gasteiger partial charge in [0.05, 0.1) is 7.11 Å². The van der Waals surface area contributed by atoms with Gasteiger partial charge >= 0.3 is 6.16 Å². The molecule has 0 aliphatic rings. The average Bonchev–Trinajstić information content (AvgIpc) is 2.08. The summed E-state index contributed by atoms with van der Waals surface area (Å²) in [6, 6.07) is 0. The van der Waals surface area contributed by atoms with Crippen molar-refractivity contribution in [3.63, 3.8) is 0 Å². The SMILES string of the molecule is COC(=O)OC#CCCO[Si](C)(C)C. The van der Waals surface area contributed by atoms with Crippen molar-refractivity contribution in [2.24, 2.45) is 0 Å². The summed E-state index contributed by atoms with van der Waals surface area (Å²) in [5.74, 6) is 2.65. The summed E-state index contributed by atoms with van der Waals surface area (Å²) in [7, 11) is -0.212. The minimum atomic E-state index is -1.45. The van der Waals surface area contributed by atoms with E-state index >= 15 is 0 Å². The Bertz CT molecular complexity index is 233. The molecule has 0 aromatic heterocycles. The predicted octanol–water partition coefficient (Wildman–Crippen LogP) is 1.97. The fourth-order valence-corrected chi connectivity index (χ4v) is 1.29. The van der Waals surface area contributed by atoms with Crippen LogP contribution in [-0.4, -0.2) is 28.2 Å². The second-order valence-corrected chi connectivity index (χ2v) is 8.06. The van der Waals surface area contributed by atoms with Crippen LogP contribution in [0.4, 0.5) is 4.79 Å². The highest BCUT2D eigenvalue weighted by Crippen LogP contribution is 2.02. The van der Waals surface area contributed by atoms with Gasteiger partial charge in [0.2, 0.25) is 0 Å². The summed E-state index contributed by atoms with van der Waals surface area (Å²) in [5.41, 5.74) is 0. The molecule has 0 radical (unpaired) electrons. The standard InChI is InChI=1S/C9H16O4Si/c1-11-9(10)12-7-5-6-8-13-14(2,3)4/h6,8H2,1-4H3. The number of methoxy groups -OCH3 is 1. The Balaban J connectivity index is 3.49. The molecular weight excluding hydrogens is 200 g/mol. The Morgan fingerprint density at radius 2 is 2.00 bits per heavy atom. The van der Waals surface area contributed by atoms with Gasteiger partial charge in [-0.1, -0.05) is 5.92 Å². The van der Waals surface area contributed by atoms with E-state index in [4.69, 9.17) is 4.43 Å². The van der Waals surface area contributed by atoms with Crippen molar-refractivity contribution in [1.82, 2.24) is 0 Å². The third-order valence-electron chi connectivity index (χ3n) is 1.14. The van der Waals surface area contributed by atoms with E-state index in [0.717, 1.165) is 0 Å². The largest absolute Gasteiger partial charge is 0.522 e. The molecule has 0 fully saturated rings. The summed E-state index contributed by atoms with van der Waals surface area (Å²) < 4.78 is 14.1. The first kappa shape index (κ1) is 13.0. The van der Waals surface area contributed by atoms with E-state index in [2.05, 4.69) is 41.1 Å². The van der Waals surface area contributed by atoms with E-state index in [1.54, 1.807) is 0 Å². The van der Waals surface area contributed by atoms with Crippen LogP contribution in [-0.2, 0) is 13.9 Å². The smallest absolute Gasteiger partial charge is 0.437 e. The fraction of sp³-hybridized carbons (Fsp3) is 0.667. The topological polar surface area (TPSA) is 44.8 Å². The van der Waals surface area contributed by atoms with Crippen molar-refractivity contribution in [1.29, 1.82) is 0 Å². The zero-order valence-electron chi connectivity index (χ0n) is 9.05. The van der Waals surface area contributed by atoms with Gasteiger partial charge in [0.25, 0.3) is 0 Å². The molecule has 0 aliphatic heterocycles. The fourth-order valence-electron chi connectivity index (χ4n) is 0.579. The van der Waals surface area contributed by atoms with Gasteiger partial charge in [-0.15, -0.1) is 0 Å². The zero-order chi connectivity index (χ0) is 11.0. The molecule has 0 aromatic carbocycles. The number of rotatable bonds is 3. The van der Waals surface area contributed by atoms with Crippen molar-refractivity contribution in [3.05, 3.63) is 0 Å². The van der Waals surface area contributed by atoms with Crippen LogP contribution in [0.1, 0.15) is 6.42 Å². The molecular formula is C9H16O4Si. The van der Waals surface area contributed by atoms with Crippen LogP contribution in [0.5, 0.6) is 0 Å². The van der Waals surface area contributed by atoms with E-state index in [9.17, 15) is 4.79 Å². The molecule has 0 spiro atoms. The van der Waals surface area contributed by atoms with Crippen molar-refractivity contribution >= 4 is 14.5 Å². The lowest BCUT2D eigenvalue weighted by molar-refractivity contribution is 0.112. The highest BCUT2D eigenvalue weighted by molar-refractivity contribution is 6.69. The quantitative estimate of drug-likeness (QED) is 0.313. The molecule has 0 amide bonds. The van der Waals surface area contributed by atoms with Gasteiger partial charge in [0, 0.05) is 13.0 Å². The van der Waals surface area contributed by atoms with E-state index in [1.807, 2.05) is 0 Å². The van der Waals surface area contributed by atoms with Crippen LogP contribution in [0.25, 0.3) is 0 Å². The van der Waals surface area contributed by atoms with E-state index in [-0.39, 0.29) is 0 Å². The molecule has 14 heavy (non-hydrogen) atoms. The third kappa shape index (κ3) is 9.10. The lowest BCUT2D eigenvalue weighted by Gasteiger charge is -2.15. The molecule has 0 aliphatic carbocycles. The first-order valence-corrected chi connectivity index (χ1v) is 7.73. The molecule has 5 heteroatoms. The molecule has 0 atom stereocenters. The highest BCUT2D eigenvalue weighted by atomic mass is 28.4. The van der Waals surface area contributed by atoms with Crippen molar-refractivity contribution < 1.29 is 18.7 Å². The minimum Gasteiger partial charge on any atom is -0.437 e. The Hall–Kier alpha value is -0.993. The highest BCUT2D eigenvalue weighted by Gasteiger charge is 2.12. The van der Waals surface area contributed by atoms with E-state index in [1.165, 1.54) is 7.11 Å². The lowest BCUT2D eigenvalue weighted by atomic mass is 10.5. The van der Waals surface area contributed by atoms with Crippen LogP contribution in [0.2, 0.25) is 19.6 Å². The second kappa shape index (κ2) is 6.46. The molecule has 0 saturated carbocycles. The maximum atomic E-state index is 10.4. The summed E-state index contributed by atoms with van der Waals surface area (Å²) >= 11 is 0.